The molecule has 0 saturated carbocycles. The highest BCUT2D eigenvalue weighted by Crippen LogP contribution is 2.27. The zero-order valence-electron chi connectivity index (χ0n) is 11.6. The summed E-state index contributed by atoms with van der Waals surface area (Å²) in [4.78, 5) is 25.8. The fourth-order valence-electron chi connectivity index (χ4n) is 2.10. The highest BCUT2D eigenvalue weighted by Gasteiger charge is 2.28. The van der Waals surface area contributed by atoms with Gasteiger partial charge in [0.05, 0.1) is 5.69 Å². The van der Waals surface area contributed by atoms with Crippen LogP contribution in [0.15, 0.2) is 24.3 Å². The first-order chi connectivity index (χ1) is 8.88. The van der Waals surface area contributed by atoms with Gasteiger partial charge >= 0.3 is 6.09 Å². The Morgan fingerprint density at radius 3 is 2.63 bits per heavy atom. The number of amides is 1. The summed E-state index contributed by atoms with van der Waals surface area (Å²) in [5.74, 6) is 0.0849. The minimum absolute atomic E-state index is 0.0849. The highest BCUT2D eigenvalue weighted by molar-refractivity contribution is 6.05. The van der Waals surface area contributed by atoms with Gasteiger partial charge in [-0.2, -0.15) is 0 Å². The van der Waals surface area contributed by atoms with Gasteiger partial charge in [0.2, 0.25) is 0 Å². The second-order valence-electron chi connectivity index (χ2n) is 5.68. The van der Waals surface area contributed by atoms with Crippen molar-refractivity contribution >= 4 is 17.6 Å². The lowest BCUT2D eigenvalue weighted by molar-refractivity contribution is 0.0580. The molecule has 0 N–H and O–H groups in total. The van der Waals surface area contributed by atoms with Crippen LogP contribution in [0.3, 0.4) is 0 Å². The molecule has 0 saturated heterocycles. The van der Waals surface area contributed by atoms with Crippen LogP contribution < -0.4 is 4.90 Å². The van der Waals surface area contributed by atoms with Crippen molar-refractivity contribution in [3.05, 3.63) is 29.8 Å². The number of fused-ring (bicyclic) bond motifs is 1. The molecule has 4 nitrogen and oxygen atoms in total. The first-order valence-electron chi connectivity index (χ1n) is 6.51. The monoisotopic (exact) mass is 261 g/mol. The molecule has 19 heavy (non-hydrogen) atoms. The fourth-order valence-corrected chi connectivity index (χ4v) is 2.10. The van der Waals surface area contributed by atoms with E-state index >= 15 is 0 Å². The van der Waals surface area contributed by atoms with E-state index in [4.69, 9.17) is 4.74 Å². The Hall–Kier alpha value is -1.84. The molecule has 4 heteroatoms. The minimum atomic E-state index is -0.539. The standard InChI is InChI=1S/C15H19NO3/c1-15(2,3)19-14(18)16-10-6-9-13(17)11-7-4-5-8-12(11)16/h4-5,7-8H,6,9-10H2,1-3H3. The maximum absolute atomic E-state index is 12.2. The molecular weight excluding hydrogens is 242 g/mol. The number of ketones is 1. The predicted octanol–water partition coefficient (Wildman–Crippen LogP) is 3.40. The highest BCUT2D eigenvalue weighted by atomic mass is 16.6. The maximum Gasteiger partial charge on any atom is 0.414 e. The van der Waals surface area contributed by atoms with Gasteiger partial charge in [-0.05, 0) is 39.3 Å². The molecule has 1 aliphatic heterocycles. The van der Waals surface area contributed by atoms with Gasteiger partial charge in [-0.3, -0.25) is 9.69 Å². The SMILES string of the molecule is CC(C)(C)OC(=O)N1CCCC(=O)c2ccccc21. The summed E-state index contributed by atoms with van der Waals surface area (Å²) in [6, 6.07) is 7.20. The molecule has 1 aromatic rings. The van der Waals surface area contributed by atoms with Crippen molar-refractivity contribution in [3.63, 3.8) is 0 Å². The molecule has 0 radical (unpaired) electrons. The van der Waals surface area contributed by atoms with E-state index in [1.807, 2.05) is 32.9 Å². The van der Waals surface area contributed by atoms with Crippen LogP contribution in [-0.4, -0.2) is 24.0 Å². The van der Waals surface area contributed by atoms with Crippen molar-refractivity contribution < 1.29 is 14.3 Å². The third-order valence-electron chi connectivity index (χ3n) is 2.89. The van der Waals surface area contributed by atoms with Crippen molar-refractivity contribution in [3.8, 4) is 0 Å². The van der Waals surface area contributed by atoms with Crippen LogP contribution in [-0.2, 0) is 4.74 Å². The molecule has 0 aliphatic carbocycles. The van der Waals surface area contributed by atoms with Gasteiger partial charge in [0, 0.05) is 18.5 Å². The van der Waals surface area contributed by atoms with E-state index in [9.17, 15) is 9.59 Å². The summed E-state index contributed by atoms with van der Waals surface area (Å²) in [6.07, 6.45) is 0.734. The van der Waals surface area contributed by atoms with Gasteiger partial charge in [0.1, 0.15) is 5.60 Å². The van der Waals surface area contributed by atoms with Crippen molar-refractivity contribution in [1.82, 2.24) is 0 Å². The van der Waals surface area contributed by atoms with Crippen LogP contribution in [0.1, 0.15) is 44.0 Å². The van der Waals surface area contributed by atoms with E-state index < -0.39 is 11.7 Å². The molecular formula is C15H19NO3. The molecule has 0 unspecified atom stereocenters. The third-order valence-corrected chi connectivity index (χ3v) is 2.89. The maximum atomic E-state index is 12.2. The van der Waals surface area contributed by atoms with Crippen molar-refractivity contribution in [2.75, 3.05) is 11.4 Å². The number of carbonyl (C=O) groups is 2. The summed E-state index contributed by atoms with van der Waals surface area (Å²) in [5, 5.41) is 0. The Morgan fingerprint density at radius 1 is 1.26 bits per heavy atom. The number of hydrogen-bond acceptors (Lipinski definition) is 3. The number of hydrogen-bond donors (Lipinski definition) is 0. The first kappa shape index (κ1) is 13.6. The number of para-hydroxylation sites is 1. The molecule has 0 bridgehead atoms. The van der Waals surface area contributed by atoms with Crippen LogP contribution in [0.25, 0.3) is 0 Å². The summed E-state index contributed by atoms with van der Waals surface area (Å²) in [6.45, 7) is 6.01. The van der Waals surface area contributed by atoms with Gasteiger partial charge in [0.25, 0.3) is 0 Å². The molecule has 2 rings (SSSR count). The van der Waals surface area contributed by atoms with Crippen molar-refractivity contribution in [1.29, 1.82) is 0 Å². The molecule has 0 atom stereocenters. The summed E-state index contributed by atoms with van der Waals surface area (Å²) >= 11 is 0. The van der Waals surface area contributed by atoms with Crippen LogP contribution in [0.5, 0.6) is 0 Å². The number of anilines is 1. The van der Waals surface area contributed by atoms with Crippen LogP contribution in [0.4, 0.5) is 10.5 Å². The van der Waals surface area contributed by atoms with Gasteiger partial charge in [0.15, 0.2) is 5.78 Å². The van der Waals surface area contributed by atoms with Crippen molar-refractivity contribution in [2.24, 2.45) is 0 Å². The quantitative estimate of drug-likeness (QED) is 0.719. The van der Waals surface area contributed by atoms with E-state index in [1.165, 1.54) is 0 Å². The Morgan fingerprint density at radius 2 is 1.95 bits per heavy atom. The minimum Gasteiger partial charge on any atom is -0.443 e. The molecule has 0 aromatic heterocycles. The molecule has 1 aromatic carbocycles. The zero-order chi connectivity index (χ0) is 14.0. The topological polar surface area (TPSA) is 46.6 Å². The largest absolute Gasteiger partial charge is 0.443 e. The lowest BCUT2D eigenvalue weighted by atomic mass is 10.1. The van der Waals surface area contributed by atoms with Crippen LogP contribution in [0, 0.1) is 0 Å². The van der Waals surface area contributed by atoms with Gasteiger partial charge in [-0.15, -0.1) is 0 Å². The van der Waals surface area contributed by atoms with Crippen molar-refractivity contribution in [2.45, 2.75) is 39.2 Å². The number of nitrogens with zero attached hydrogens (tertiary/aromatic N) is 1. The second-order valence-corrected chi connectivity index (χ2v) is 5.68. The normalized spacial score (nSPS) is 15.7. The van der Waals surface area contributed by atoms with Crippen LogP contribution >= 0.6 is 0 Å². The van der Waals surface area contributed by atoms with E-state index in [-0.39, 0.29) is 5.78 Å². The van der Waals surface area contributed by atoms with Crippen LogP contribution in [0.2, 0.25) is 0 Å². The zero-order valence-corrected chi connectivity index (χ0v) is 11.6. The second kappa shape index (κ2) is 5.03. The Balaban J connectivity index is 2.33. The molecule has 1 aliphatic rings. The lowest BCUT2D eigenvalue weighted by Crippen LogP contribution is -2.37. The van der Waals surface area contributed by atoms with E-state index in [2.05, 4.69) is 0 Å². The number of carbonyl (C=O) groups excluding carboxylic acids is 2. The van der Waals surface area contributed by atoms with E-state index in [0.29, 0.717) is 30.6 Å². The number of ether oxygens (including phenoxy) is 1. The van der Waals surface area contributed by atoms with Gasteiger partial charge in [-0.25, -0.2) is 4.79 Å². The number of benzene rings is 1. The van der Waals surface area contributed by atoms with Gasteiger partial charge in [-0.1, -0.05) is 12.1 Å². The Labute approximate surface area is 113 Å². The predicted molar refractivity (Wildman–Crippen MR) is 73.6 cm³/mol. The smallest absolute Gasteiger partial charge is 0.414 e. The summed E-state index contributed by atoms with van der Waals surface area (Å²) in [5.41, 5.74) is 0.715. The average molecular weight is 261 g/mol. The molecule has 102 valence electrons. The molecule has 1 heterocycles. The third kappa shape index (κ3) is 3.13. The fraction of sp³-hybridized carbons (Fsp3) is 0.467. The van der Waals surface area contributed by atoms with E-state index in [1.54, 1.807) is 17.0 Å². The van der Waals surface area contributed by atoms with Gasteiger partial charge < -0.3 is 4.74 Å². The lowest BCUT2D eigenvalue weighted by Gasteiger charge is -2.27. The number of rotatable bonds is 0. The molecule has 0 spiro atoms. The molecule has 0 fully saturated rings. The Kier molecular flexibility index (Phi) is 3.60. The first-order valence-corrected chi connectivity index (χ1v) is 6.51. The van der Waals surface area contributed by atoms with E-state index in [0.717, 1.165) is 0 Å². The number of Topliss-reactive ketones (excluding diaryl/α,β-unsaturated/α-hetero) is 1. The summed E-state index contributed by atoms with van der Waals surface area (Å²) in [7, 11) is 0. The Bertz CT molecular complexity index is 502. The average Bonchev–Trinajstić information content (AvgIpc) is 2.47. The molecule has 1 amide bonds. The summed E-state index contributed by atoms with van der Waals surface area (Å²) < 4.78 is 5.40.